The first-order valence-electron chi connectivity index (χ1n) is 11.4. The molecule has 1 saturated carbocycles. The number of nitrogens with zero attached hydrogens (tertiary/aromatic N) is 2. The second-order valence-electron chi connectivity index (χ2n) is 8.44. The second-order valence-corrected chi connectivity index (χ2v) is 8.44. The Morgan fingerprint density at radius 2 is 1.84 bits per heavy atom. The van der Waals surface area contributed by atoms with Crippen LogP contribution in [0.2, 0.25) is 0 Å². The minimum absolute atomic E-state index is 0.00238. The number of carbonyl (C=O) groups excluding carboxylic acids is 2. The molecule has 1 aromatic heterocycles. The maximum absolute atomic E-state index is 13.2. The molecule has 4 rings (SSSR count). The molecule has 1 heterocycles. The third-order valence-corrected chi connectivity index (χ3v) is 6.13. The quantitative estimate of drug-likeness (QED) is 0.530. The average molecular weight is 431 g/mol. The van der Waals surface area contributed by atoms with Gasteiger partial charge in [-0.05, 0) is 42.5 Å². The van der Waals surface area contributed by atoms with Crippen molar-refractivity contribution in [1.29, 1.82) is 0 Å². The molecule has 0 spiro atoms. The van der Waals surface area contributed by atoms with Gasteiger partial charge in [-0.2, -0.15) is 0 Å². The van der Waals surface area contributed by atoms with Gasteiger partial charge in [0, 0.05) is 36.6 Å². The van der Waals surface area contributed by atoms with E-state index in [1.165, 1.54) is 19.3 Å². The normalized spacial score (nSPS) is 15.1. The van der Waals surface area contributed by atoms with Crippen LogP contribution in [0.15, 0.2) is 73.3 Å². The first kappa shape index (κ1) is 21.8. The Labute approximate surface area is 189 Å². The van der Waals surface area contributed by atoms with Gasteiger partial charge in [0.25, 0.3) is 5.91 Å². The summed E-state index contributed by atoms with van der Waals surface area (Å²) < 4.78 is 1.86. The molecule has 2 aromatic carbocycles. The zero-order valence-electron chi connectivity index (χ0n) is 18.2. The van der Waals surface area contributed by atoms with E-state index >= 15 is 0 Å². The first-order chi connectivity index (χ1) is 15.7. The van der Waals surface area contributed by atoms with Gasteiger partial charge in [-0.25, -0.2) is 4.98 Å². The number of carbonyl (C=O) groups is 2. The highest BCUT2D eigenvalue weighted by molar-refractivity contribution is 5.97. The Balaban J connectivity index is 1.41. The summed E-state index contributed by atoms with van der Waals surface area (Å²) in [4.78, 5) is 29.4. The van der Waals surface area contributed by atoms with Crippen LogP contribution >= 0.6 is 0 Å². The molecule has 166 valence electrons. The van der Waals surface area contributed by atoms with Crippen LogP contribution in [-0.4, -0.2) is 21.4 Å². The van der Waals surface area contributed by atoms with Gasteiger partial charge in [-0.15, -0.1) is 0 Å². The van der Waals surface area contributed by atoms with Crippen molar-refractivity contribution >= 4 is 17.5 Å². The minimum atomic E-state index is -0.112. The summed E-state index contributed by atoms with van der Waals surface area (Å²) in [6.45, 7) is 0.562. The number of nitrogens with one attached hydrogen (secondary N) is 2. The molecule has 6 nitrogen and oxygen atoms in total. The third-order valence-electron chi connectivity index (χ3n) is 6.13. The predicted octanol–water partition coefficient (Wildman–Crippen LogP) is 4.96. The van der Waals surface area contributed by atoms with Crippen molar-refractivity contribution in [2.75, 3.05) is 5.32 Å². The number of hydrogen-bond donors (Lipinski definition) is 2. The molecule has 0 aliphatic heterocycles. The van der Waals surface area contributed by atoms with Gasteiger partial charge in [-0.3, -0.25) is 9.59 Å². The maximum atomic E-state index is 13.2. The lowest BCUT2D eigenvalue weighted by molar-refractivity contribution is -0.116. The Bertz CT molecular complexity index is 1010. The molecule has 6 heteroatoms. The highest BCUT2D eigenvalue weighted by Crippen LogP contribution is 2.34. The fourth-order valence-electron chi connectivity index (χ4n) is 4.44. The van der Waals surface area contributed by atoms with Gasteiger partial charge in [0.05, 0.1) is 12.4 Å². The molecule has 2 N–H and O–H groups in total. The Hall–Kier alpha value is -3.41. The average Bonchev–Trinajstić information content (AvgIpc) is 3.36. The van der Waals surface area contributed by atoms with Crippen molar-refractivity contribution in [2.45, 2.75) is 51.1 Å². The number of aryl methyl sites for hydroxylation is 1. The number of imidazole rings is 1. The Kier molecular flexibility index (Phi) is 7.33. The van der Waals surface area contributed by atoms with Crippen molar-refractivity contribution in [2.24, 2.45) is 5.92 Å². The van der Waals surface area contributed by atoms with Crippen LogP contribution in [0.3, 0.4) is 0 Å². The fourth-order valence-corrected chi connectivity index (χ4v) is 4.44. The monoisotopic (exact) mass is 430 g/mol. The van der Waals surface area contributed by atoms with E-state index in [1.807, 2.05) is 35.0 Å². The van der Waals surface area contributed by atoms with E-state index < -0.39 is 0 Å². The van der Waals surface area contributed by atoms with Crippen LogP contribution < -0.4 is 10.6 Å². The van der Waals surface area contributed by atoms with Crippen LogP contribution in [0, 0.1) is 5.92 Å². The van der Waals surface area contributed by atoms with Crippen LogP contribution in [0.1, 0.15) is 60.5 Å². The lowest BCUT2D eigenvalue weighted by atomic mass is 9.81. The zero-order chi connectivity index (χ0) is 22.2. The summed E-state index contributed by atoms with van der Waals surface area (Å²) in [5.41, 5.74) is 2.33. The van der Waals surface area contributed by atoms with E-state index in [0.29, 0.717) is 30.1 Å². The number of anilines is 1. The zero-order valence-corrected chi connectivity index (χ0v) is 18.2. The molecule has 0 saturated heterocycles. The van der Waals surface area contributed by atoms with E-state index in [9.17, 15) is 9.59 Å². The van der Waals surface area contributed by atoms with Gasteiger partial charge in [0.1, 0.15) is 0 Å². The van der Waals surface area contributed by atoms with Crippen molar-refractivity contribution in [3.63, 3.8) is 0 Å². The minimum Gasteiger partial charge on any atom is -0.345 e. The van der Waals surface area contributed by atoms with Crippen LogP contribution in [0.25, 0.3) is 0 Å². The molecule has 1 aliphatic carbocycles. The summed E-state index contributed by atoms with van der Waals surface area (Å²) in [5.74, 6) is 0.237. The standard InChI is InChI=1S/C26H30N4O2/c31-24(14-16-30-17-15-27-19-30)28-23-13-7-12-22(18-23)26(32)29-25(20-8-3-1-4-9-20)21-10-5-2-6-11-21/h1,3-4,7-9,12-13,15,17-19,21,25H,2,5-6,10-11,14,16H2,(H,28,31)(H,29,32). The van der Waals surface area contributed by atoms with E-state index in [2.05, 4.69) is 27.8 Å². The maximum Gasteiger partial charge on any atom is 0.251 e. The second kappa shape index (κ2) is 10.8. The summed E-state index contributed by atoms with van der Waals surface area (Å²) in [7, 11) is 0. The molecular formula is C26H30N4O2. The molecular weight excluding hydrogens is 400 g/mol. The molecule has 1 unspecified atom stereocenters. The molecule has 1 aliphatic rings. The van der Waals surface area contributed by atoms with Crippen LogP contribution in [-0.2, 0) is 11.3 Å². The fraction of sp³-hybridized carbons (Fsp3) is 0.346. The predicted molar refractivity (Wildman–Crippen MR) is 125 cm³/mol. The van der Waals surface area contributed by atoms with Crippen LogP contribution in [0.4, 0.5) is 5.69 Å². The van der Waals surface area contributed by atoms with Crippen molar-refractivity contribution in [1.82, 2.24) is 14.9 Å². The van der Waals surface area contributed by atoms with Crippen molar-refractivity contribution in [3.8, 4) is 0 Å². The summed E-state index contributed by atoms with van der Waals surface area (Å²) >= 11 is 0. The number of hydrogen-bond acceptors (Lipinski definition) is 3. The van der Waals surface area contributed by atoms with E-state index in [4.69, 9.17) is 0 Å². The topological polar surface area (TPSA) is 76.0 Å². The molecule has 0 radical (unpaired) electrons. The highest BCUT2D eigenvalue weighted by Gasteiger charge is 2.26. The van der Waals surface area contributed by atoms with Crippen molar-refractivity contribution < 1.29 is 9.59 Å². The van der Waals surface area contributed by atoms with Gasteiger partial charge in [0.15, 0.2) is 0 Å². The molecule has 2 amide bonds. The summed E-state index contributed by atoms with van der Waals surface area (Å²) in [6.07, 6.45) is 11.5. The molecule has 0 bridgehead atoms. The third kappa shape index (κ3) is 5.84. The highest BCUT2D eigenvalue weighted by atomic mass is 16.2. The Morgan fingerprint density at radius 3 is 2.59 bits per heavy atom. The smallest absolute Gasteiger partial charge is 0.251 e. The largest absolute Gasteiger partial charge is 0.345 e. The number of rotatable bonds is 8. The van der Waals surface area contributed by atoms with Gasteiger partial charge < -0.3 is 15.2 Å². The van der Waals surface area contributed by atoms with Gasteiger partial charge in [0.2, 0.25) is 5.91 Å². The van der Waals surface area contributed by atoms with Crippen LogP contribution in [0.5, 0.6) is 0 Å². The molecule has 32 heavy (non-hydrogen) atoms. The first-order valence-corrected chi connectivity index (χ1v) is 11.4. The molecule has 3 aromatic rings. The lowest BCUT2D eigenvalue weighted by Gasteiger charge is -2.31. The number of benzene rings is 2. The van der Waals surface area contributed by atoms with E-state index in [0.717, 1.165) is 18.4 Å². The van der Waals surface area contributed by atoms with E-state index in [-0.39, 0.29) is 17.9 Å². The van der Waals surface area contributed by atoms with Crippen molar-refractivity contribution in [3.05, 3.63) is 84.4 Å². The van der Waals surface area contributed by atoms with E-state index in [1.54, 1.807) is 30.7 Å². The summed E-state index contributed by atoms with van der Waals surface area (Å²) in [5, 5.41) is 6.18. The molecule has 1 atom stereocenters. The van der Waals surface area contributed by atoms with Gasteiger partial charge >= 0.3 is 0 Å². The Morgan fingerprint density at radius 1 is 1.03 bits per heavy atom. The van der Waals surface area contributed by atoms with Gasteiger partial charge in [-0.1, -0.05) is 55.7 Å². The number of aromatic nitrogens is 2. The number of amides is 2. The lowest BCUT2D eigenvalue weighted by Crippen LogP contribution is -2.34. The molecule has 1 fully saturated rings. The summed E-state index contributed by atoms with van der Waals surface area (Å²) in [6, 6.07) is 17.4. The SMILES string of the molecule is O=C(CCn1ccnc1)Nc1cccc(C(=O)NC(c2ccccc2)C2CCCCC2)c1.